The van der Waals surface area contributed by atoms with Crippen molar-refractivity contribution < 1.29 is 19.4 Å². The molecule has 8 nitrogen and oxygen atoms in total. The van der Waals surface area contributed by atoms with Gasteiger partial charge in [0.15, 0.2) is 5.96 Å². The normalized spacial score (nSPS) is 12.1. The molecule has 0 spiro atoms. The molecule has 0 fully saturated rings. The second-order valence-corrected chi connectivity index (χ2v) is 7.39. The highest BCUT2D eigenvalue weighted by atomic mass is 16.5. The number of benzene rings is 3. The predicted molar refractivity (Wildman–Crippen MR) is 127 cm³/mol. The van der Waals surface area contributed by atoms with Crippen LogP contribution >= 0.6 is 0 Å². The first kappa shape index (κ1) is 23.5. The van der Waals surface area contributed by atoms with Crippen molar-refractivity contribution in [2.45, 2.75) is 19.0 Å². The van der Waals surface area contributed by atoms with Gasteiger partial charge in [-0.2, -0.15) is 0 Å². The third kappa shape index (κ3) is 6.41. The van der Waals surface area contributed by atoms with E-state index < -0.39 is 17.9 Å². The smallest absolute Gasteiger partial charge is 0.320 e. The fraction of sp³-hybridized carbons (Fsp3) is 0.160. The van der Waals surface area contributed by atoms with E-state index >= 15 is 0 Å². The van der Waals surface area contributed by atoms with Crippen molar-refractivity contribution in [1.29, 1.82) is 0 Å². The molecular formula is C25H26N4O4. The van der Waals surface area contributed by atoms with Crippen molar-refractivity contribution in [2.75, 3.05) is 7.11 Å². The van der Waals surface area contributed by atoms with Crippen LogP contribution in [0.25, 0.3) is 11.1 Å². The molecule has 8 heteroatoms. The second-order valence-electron chi connectivity index (χ2n) is 7.39. The molecule has 0 aliphatic carbocycles. The molecule has 0 heterocycles. The first-order chi connectivity index (χ1) is 15.9. The van der Waals surface area contributed by atoms with Crippen LogP contribution < -0.4 is 21.5 Å². The van der Waals surface area contributed by atoms with Gasteiger partial charge >= 0.3 is 5.97 Å². The number of nitrogens with one attached hydrogen (secondary N) is 1. The van der Waals surface area contributed by atoms with E-state index in [0.29, 0.717) is 5.56 Å². The highest BCUT2D eigenvalue weighted by Crippen LogP contribution is 2.27. The summed E-state index contributed by atoms with van der Waals surface area (Å²) in [6.45, 7) is 0.283. The summed E-state index contributed by atoms with van der Waals surface area (Å²) < 4.78 is 5.31. The SMILES string of the molecule is COc1cccc(-c2ccccc2CN=C(N)NC(=O)c2ccc(C[C@H](N)C(=O)O)cc2)c1. The Bertz CT molecular complexity index is 1160. The third-order valence-electron chi connectivity index (χ3n) is 5.05. The first-order valence-corrected chi connectivity index (χ1v) is 10.3. The predicted octanol–water partition coefficient (Wildman–Crippen LogP) is 2.56. The van der Waals surface area contributed by atoms with Gasteiger partial charge in [-0.05, 0) is 52.9 Å². The molecule has 1 amide bonds. The van der Waals surface area contributed by atoms with Crippen molar-refractivity contribution in [3.63, 3.8) is 0 Å². The van der Waals surface area contributed by atoms with Crippen LogP contribution in [-0.2, 0) is 17.8 Å². The van der Waals surface area contributed by atoms with Crippen LogP contribution in [0.15, 0.2) is 77.8 Å². The van der Waals surface area contributed by atoms with Crippen molar-refractivity contribution in [3.05, 3.63) is 89.5 Å². The Labute approximate surface area is 191 Å². The summed E-state index contributed by atoms with van der Waals surface area (Å²) in [5.41, 5.74) is 15.5. The third-order valence-corrected chi connectivity index (χ3v) is 5.05. The zero-order valence-corrected chi connectivity index (χ0v) is 18.2. The van der Waals surface area contributed by atoms with Gasteiger partial charge in [-0.3, -0.25) is 14.9 Å². The summed E-state index contributed by atoms with van der Waals surface area (Å²) >= 11 is 0. The summed E-state index contributed by atoms with van der Waals surface area (Å²) in [6.07, 6.45) is 0.174. The second kappa shape index (κ2) is 10.9. The van der Waals surface area contributed by atoms with Gasteiger partial charge in [-0.25, -0.2) is 4.99 Å². The average molecular weight is 447 g/mol. The molecule has 3 aromatic carbocycles. The zero-order chi connectivity index (χ0) is 23.8. The minimum absolute atomic E-state index is 0.00239. The van der Waals surface area contributed by atoms with Crippen LogP contribution in [0, 0.1) is 0 Å². The van der Waals surface area contributed by atoms with Crippen molar-refractivity contribution in [3.8, 4) is 16.9 Å². The Kier molecular flexibility index (Phi) is 7.77. The van der Waals surface area contributed by atoms with Gasteiger partial charge in [0.05, 0.1) is 13.7 Å². The number of nitrogens with zero attached hydrogens (tertiary/aromatic N) is 1. The van der Waals surface area contributed by atoms with Crippen LogP contribution in [-0.4, -0.2) is 36.1 Å². The maximum Gasteiger partial charge on any atom is 0.320 e. The van der Waals surface area contributed by atoms with Crippen LogP contribution in [0.1, 0.15) is 21.5 Å². The van der Waals surface area contributed by atoms with Gasteiger partial charge in [-0.1, -0.05) is 48.5 Å². The van der Waals surface area contributed by atoms with Gasteiger partial charge < -0.3 is 21.3 Å². The number of methoxy groups -OCH3 is 1. The van der Waals surface area contributed by atoms with Crippen molar-refractivity contribution in [2.24, 2.45) is 16.5 Å². The fourth-order valence-corrected chi connectivity index (χ4v) is 3.26. The lowest BCUT2D eigenvalue weighted by Crippen LogP contribution is -2.36. The molecule has 3 rings (SSSR count). The highest BCUT2D eigenvalue weighted by Gasteiger charge is 2.13. The lowest BCUT2D eigenvalue weighted by Gasteiger charge is -2.10. The number of aliphatic imine (C=N–C) groups is 1. The van der Waals surface area contributed by atoms with Crippen LogP contribution in [0.2, 0.25) is 0 Å². The lowest BCUT2D eigenvalue weighted by atomic mass is 9.99. The quantitative estimate of drug-likeness (QED) is 0.310. The number of aliphatic carboxylic acids is 1. The van der Waals surface area contributed by atoms with E-state index in [-0.39, 0.29) is 18.9 Å². The lowest BCUT2D eigenvalue weighted by molar-refractivity contribution is -0.138. The van der Waals surface area contributed by atoms with Gasteiger partial charge in [0.25, 0.3) is 5.91 Å². The van der Waals surface area contributed by atoms with Crippen LogP contribution in [0.3, 0.4) is 0 Å². The van der Waals surface area contributed by atoms with E-state index in [1.807, 2.05) is 48.5 Å². The van der Waals surface area contributed by atoms with Gasteiger partial charge in [-0.15, -0.1) is 0 Å². The molecule has 0 bridgehead atoms. The molecule has 0 unspecified atom stereocenters. The molecule has 0 radical (unpaired) electrons. The minimum atomic E-state index is -1.08. The van der Waals surface area contributed by atoms with E-state index in [9.17, 15) is 9.59 Å². The summed E-state index contributed by atoms with van der Waals surface area (Å²) in [5.74, 6) is -0.730. The topological polar surface area (TPSA) is 140 Å². The zero-order valence-electron chi connectivity index (χ0n) is 18.2. The van der Waals surface area contributed by atoms with E-state index in [0.717, 1.165) is 28.0 Å². The number of hydrogen-bond acceptors (Lipinski definition) is 5. The summed E-state index contributed by atoms with van der Waals surface area (Å²) in [7, 11) is 1.62. The van der Waals surface area contributed by atoms with Gasteiger partial charge in [0.2, 0.25) is 0 Å². The maximum atomic E-state index is 12.5. The monoisotopic (exact) mass is 446 g/mol. The Morgan fingerprint density at radius 2 is 1.79 bits per heavy atom. The standard InChI is InChI=1S/C25H26N4O4/c1-33-20-7-4-6-18(14-20)21-8-3-2-5-19(21)15-28-25(27)29-23(30)17-11-9-16(10-12-17)13-22(26)24(31)32/h2-12,14,22H,13,15,26H2,1H3,(H,31,32)(H3,27,28,29,30)/t22-/m0/s1. The van der Waals surface area contributed by atoms with Gasteiger partial charge in [0, 0.05) is 5.56 Å². The fourth-order valence-electron chi connectivity index (χ4n) is 3.26. The van der Waals surface area contributed by atoms with E-state index in [1.54, 1.807) is 31.4 Å². The number of nitrogens with two attached hydrogens (primary N) is 2. The Balaban J connectivity index is 1.66. The van der Waals surface area contributed by atoms with Crippen LogP contribution in [0.4, 0.5) is 0 Å². The van der Waals surface area contributed by atoms with Crippen molar-refractivity contribution in [1.82, 2.24) is 5.32 Å². The summed E-state index contributed by atoms with van der Waals surface area (Å²) in [4.78, 5) is 27.6. The van der Waals surface area contributed by atoms with E-state index in [4.69, 9.17) is 21.3 Å². The molecule has 0 saturated heterocycles. The molecule has 0 aliphatic heterocycles. The number of amides is 1. The molecule has 6 N–H and O–H groups in total. The molecule has 0 aromatic heterocycles. The average Bonchev–Trinajstić information content (AvgIpc) is 2.83. The number of carbonyl (C=O) groups excluding carboxylic acids is 1. The number of rotatable bonds is 8. The molecule has 1 atom stereocenters. The maximum absolute atomic E-state index is 12.5. The van der Waals surface area contributed by atoms with E-state index in [2.05, 4.69) is 10.3 Å². The number of guanidine groups is 1. The molecule has 0 saturated carbocycles. The largest absolute Gasteiger partial charge is 0.497 e. The Hall–Kier alpha value is -4.17. The number of hydrogen-bond donors (Lipinski definition) is 4. The van der Waals surface area contributed by atoms with Crippen molar-refractivity contribution >= 4 is 17.8 Å². The Morgan fingerprint density at radius 3 is 2.48 bits per heavy atom. The van der Waals surface area contributed by atoms with Gasteiger partial charge in [0.1, 0.15) is 11.8 Å². The van der Waals surface area contributed by atoms with E-state index in [1.165, 1.54) is 0 Å². The molecule has 0 aliphatic rings. The molecular weight excluding hydrogens is 420 g/mol. The number of carbonyl (C=O) groups is 2. The summed E-state index contributed by atoms with van der Waals surface area (Å²) in [6, 6.07) is 21.0. The molecule has 170 valence electrons. The minimum Gasteiger partial charge on any atom is -0.497 e. The molecule has 3 aromatic rings. The first-order valence-electron chi connectivity index (χ1n) is 10.3. The number of ether oxygens (including phenoxy) is 1. The highest BCUT2D eigenvalue weighted by molar-refractivity contribution is 6.05. The Morgan fingerprint density at radius 1 is 1.06 bits per heavy atom. The number of carboxylic acid groups (broad SMARTS) is 1. The molecule has 33 heavy (non-hydrogen) atoms. The number of carboxylic acids is 1. The van der Waals surface area contributed by atoms with Crippen LogP contribution in [0.5, 0.6) is 5.75 Å². The summed E-state index contributed by atoms with van der Waals surface area (Å²) in [5, 5.41) is 11.5.